The van der Waals surface area contributed by atoms with Gasteiger partial charge in [-0.25, -0.2) is 9.97 Å². The smallest absolute Gasteiger partial charge is 0.316 e. The van der Waals surface area contributed by atoms with E-state index in [0.29, 0.717) is 33.2 Å². The standard InChI is InChI=1S/C16H14Cl2N2O2/c1-15(2)7-3-4-16(15,14(21)22)13-12(7)19-10-5-8(17)9(18)6-11(10)20-13/h5-7H,3-4H2,1-2H3,(H,21,22)/t7-,16-/m0/s1. The molecular formula is C16H14Cl2N2O2. The number of halogens is 2. The highest BCUT2D eigenvalue weighted by atomic mass is 35.5. The molecule has 1 aromatic carbocycles. The molecular weight excluding hydrogens is 323 g/mol. The van der Waals surface area contributed by atoms with E-state index in [1.165, 1.54) is 0 Å². The van der Waals surface area contributed by atoms with Gasteiger partial charge in [-0.15, -0.1) is 0 Å². The van der Waals surface area contributed by atoms with Gasteiger partial charge in [0.1, 0.15) is 5.41 Å². The molecule has 0 radical (unpaired) electrons. The third-order valence-electron chi connectivity index (χ3n) is 5.61. The predicted molar refractivity (Wildman–Crippen MR) is 84.6 cm³/mol. The van der Waals surface area contributed by atoms with E-state index < -0.39 is 16.8 Å². The number of rotatable bonds is 1. The lowest BCUT2D eigenvalue weighted by Gasteiger charge is -2.33. The zero-order chi connectivity index (χ0) is 15.9. The summed E-state index contributed by atoms with van der Waals surface area (Å²) in [6.45, 7) is 4.01. The first kappa shape index (κ1) is 14.2. The Morgan fingerprint density at radius 3 is 2.41 bits per heavy atom. The van der Waals surface area contributed by atoms with Gasteiger partial charge in [0, 0.05) is 5.92 Å². The molecule has 4 nitrogen and oxygen atoms in total. The summed E-state index contributed by atoms with van der Waals surface area (Å²) in [7, 11) is 0. The molecule has 6 heteroatoms. The molecule has 1 saturated carbocycles. The summed E-state index contributed by atoms with van der Waals surface area (Å²) in [5.74, 6) is -0.697. The zero-order valence-electron chi connectivity index (χ0n) is 12.2. The van der Waals surface area contributed by atoms with Crippen LogP contribution in [-0.2, 0) is 10.2 Å². The lowest BCUT2D eigenvalue weighted by atomic mass is 9.68. The number of benzene rings is 1. The number of fused-ring (bicyclic) bond motifs is 6. The van der Waals surface area contributed by atoms with Crippen LogP contribution < -0.4 is 0 Å². The summed E-state index contributed by atoms with van der Waals surface area (Å²) in [6.07, 6.45) is 1.43. The van der Waals surface area contributed by atoms with Gasteiger partial charge >= 0.3 is 5.97 Å². The monoisotopic (exact) mass is 336 g/mol. The molecule has 1 fully saturated rings. The quantitative estimate of drug-likeness (QED) is 0.848. The summed E-state index contributed by atoms with van der Waals surface area (Å²) >= 11 is 12.1. The lowest BCUT2D eigenvalue weighted by Crippen LogP contribution is -2.43. The molecule has 2 aliphatic rings. The van der Waals surface area contributed by atoms with Crippen LogP contribution in [0.5, 0.6) is 0 Å². The van der Waals surface area contributed by atoms with E-state index in [1.54, 1.807) is 12.1 Å². The fourth-order valence-electron chi connectivity index (χ4n) is 4.35. The molecule has 0 saturated heterocycles. The lowest BCUT2D eigenvalue weighted by molar-refractivity contribution is -0.147. The van der Waals surface area contributed by atoms with Crippen molar-refractivity contribution in [2.45, 2.75) is 38.0 Å². The highest BCUT2D eigenvalue weighted by Crippen LogP contribution is 2.67. The number of hydrogen-bond acceptors (Lipinski definition) is 3. The van der Waals surface area contributed by atoms with E-state index in [2.05, 4.69) is 4.98 Å². The summed E-state index contributed by atoms with van der Waals surface area (Å²) < 4.78 is 0. The molecule has 2 aromatic rings. The maximum Gasteiger partial charge on any atom is 0.316 e. The molecule has 1 N–H and O–H groups in total. The Kier molecular flexibility index (Phi) is 2.66. The topological polar surface area (TPSA) is 63.1 Å². The van der Waals surface area contributed by atoms with E-state index in [0.717, 1.165) is 12.1 Å². The second-order valence-corrected chi connectivity index (χ2v) is 7.55. The fourth-order valence-corrected chi connectivity index (χ4v) is 4.67. The molecule has 22 heavy (non-hydrogen) atoms. The van der Waals surface area contributed by atoms with Gasteiger partial charge in [-0.1, -0.05) is 37.0 Å². The van der Waals surface area contributed by atoms with Crippen molar-refractivity contribution in [3.63, 3.8) is 0 Å². The van der Waals surface area contributed by atoms with Gasteiger partial charge in [0.15, 0.2) is 0 Å². The van der Waals surface area contributed by atoms with Crippen molar-refractivity contribution in [2.75, 3.05) is 0 Å². The first-order valence-electron chi connectivity index (χ1n) is 7.19. The number of carboxylic acids is 1. The van der Waals surface area contributed by atoms with Crippen molar-refractivity contribution in [2.24, 2.45) is 5.41 Å². The number of aliphatic carboxylic acids is 1. The van der Waals surface area contributed by atoms with E-state index >= 15 is 0 Å². The van der Waals surface area contributed by atoms with Gasteiger partial charge < -0.3 is 5.11 Å². The van der Waals surface area contributed by atoms with Crippen LogP contribution in [0.2, 0.25) is 10.0 Å². The van der Waals surface area contributed by atoms with Crippen LogP contribution in [0.25, 0.3) is 11.0 Å². The third-order valence-corrected chi connectivity index (χ3v) is 6.33. The largest absolute Gasteiger partial charge is 0.481 e. The third kappa shape index (κ3) is 1.43. The molecule has 114 valence electrons. The first-order valence-corrected chi connectivity index (χ1v) is 7.95. The zero-order valence-corrected chi connectivity index (χ0v) is 13.7. The van der Waals surface area contributed by atoms with E-state index in [4.69, 9.17) is 28.2 Å². The maximum atomic E-state index is 12.1. The average Bonchev–Trinajstić information content (AvgIpc) is 2.81. The van der Waals surface area contributed by atoms with Crippen LogP contribution in [0.1, 0.15) is 44.0 Å². The summed E-state index contributed by atoms with van der Waals surface area (Å²) in [5.41, 5.74) is 1.32. The van der Waals surface area contributed by atoms with Crippen molar-refractivity contribution in [1.82, 2.24) is 9.97 Å². The molecule has 0 unspecified atom stereocenters. The van der Waals surface area contributed by atoms with Crippen molar-refractivity contribution in [3.05, 3.63) is 33.6 Å². The number of nitrogens with zero attached hydrogens (tertiary/aromatic N) is 2. The molecule has 2 bridgehead atoms. The van der Waals surface area contributed by atoms with Gasteiger partial charge in [0.25, 0.3) is 0 Å². The SMILES string of the molecule is CC1(C)[C@H]2CC[C@@]1(C(=O)O)c1nc3cc(Cl)c(Cl)cc3nc12. The minimum atomic E-state index is -0.958. The summed E-state index contributed by atoms with van der Waals surface area (Å²) in [4.78, 5) is 21.4. The molecule has 0 spiro atoms. The van der Waals surface area contributed by atoms with Gasteiger partial charge in [0.05, 0.1) is 32.5 Å². The second-order valence-electron chi connectivity index (χ2n) is 6.74. The Morgan fingerprint density at radius 2 is 1.82 bits per heavy atom. The van der Waals surface area contributed by atoms with E-state index in [9.17, 15) is 9.90 Å². The van der Waals surface area contributed by atoms with Crippen molar-refractivity contribution in [1.29, 1.82) is 0 Å². The van der Waals surface area contributed by atoms with Crippen LogP contribution >= 0.6 is 23.2 Å². The highest BCUT2D eigenvalue weighted by Gasteiger charge is 2.68. The van der Waals surface area contributed by atoms with Crippen LogP contribution in [0.3, 0.4) is 0 Å². The van der Waals surface area contributed by atoms with Crippen LogP contribution in [0.4, 0.5) is 0 Å². The Morgan fingerprint density at radius 1 is 1.23 bits per heavy atom. The fraction of sp³-hybridized carbons (Fsp3) is 0.438. The average molecular weight is 337 g/mol. The van der Waals surface area contributed by atoms with Crippen LogP contribution in [-0.4, -0.2) is 21.0 Å². The molecule has 2 aliphatic carbocycles. The number of hydrogen-bond donors (Lipinski definition) is 1. The number of carboxylic acid groups (broad SMARTS) is 1. The van der Waals surface area contributed by atoms with Crippen molar-refractivity contribution < 1.29 is 9.90 Å². The Balaban J connectivity index is 2.08. The minimum absolute atomic E-state index is 0.116. The highest BCUT2D eigenvalue weighted by molar-refractivity contribution is 6.42. The van der Waals surface area contributed by atoms with Gasteiger partial charge in [0.2, 0.25) is 0 Å². The molecule has 0 amide bonds. The molecule has 1 aromatic heterocycles. The Bertz CT molecular complexity index is 850. The van der Waals surface area contributed by atoms with Gasteiger partial charge in [-0.3, -0.25) is 4.79 Å². The van der Waals surface area contributed by atoms with Crippen molar-refractivity contribution in [3.8, 4) is 0 Å². The van der Waals surface area contributed by atoms with E-state index in [1.807, 2.05) is 13.8 Å². The van der Waals surface area contributed by atoms with Gasteiger partial charge in [-0.05, 0) is 30.4 Å². The Hall–Kier alpha value is -1.39. The molecule has 2 atom stereocenters. The molecule has 1 heterocycles. The van der Waals surface area contributed by atoms with Crippen molar-refractivity contribution >= 4 is 40.2 Å². The summed E-state index contributed by atoms with van der Waals surface area (Å²) in [6, 6.07) is 3.35. The second kappa shape index (κ2) is 4.12. The predicted octanol–water partition coefficient (Wildman–Crippen LogP) is 4.18. The summed E-state index contributed by atoms with van der Waals surface area (Å²) in [5, 5.41) is 10.8. The number of aromatic nitrogens is 2. The molecule has 4 rings (SSSR count). The van der Waals surface area contributed by atoms with Crippen LogP contribution in [0, 0.1) is 5.41 Å². The Labute approximate surface area is 137 Å². The number of carbonyl (C=O) groups is 1. The minimum Gasteiger partial charge on any atom is -0.481 e. The van der Waals surface area contributed by atoms with Crippen LogP contribution in [0.15, 0.2) is 12.1 Å². The molecule has 0 aliphatic heterocycles. The normalized spacial score (nSPS) is 28.1. The van der Waals surface area contributed by atoms with Gasteiger partial charge in [-0.2, -0.15) is 0 Å². The van der Waals surface area contributed by atoms with E-state index in [-0.39, 0.29) is 5.92 Å². The maximum absolute atomic E-state index is 12.1. The first-order chi connectivity index (χ1) is 10.3.